The summed E-state index contributed by atoms with van der Waals surface area (Å²) in [5.74, 6) is 0.648. The Hall–Kier alpha value is -5.59. The Morgan fingerprint density at radius 2 is 1.65 bits per heavy atom. The number of methoxy groups -OCH3 is 6. The molecule has 1 saturated heterocycles. The zero-order chi connectivity index (χ0) is 39.4. The van der Waals surface area contributed by atoms with E-state index >= 15 is 0 Å². The number of H-pyrrole nitrogens is 1. The molecule has 0 spiro atoms. The van der Waals surface area contributed by atoms with Crippen LogP contribution in [0.2, 0.25) is 0 Å². The van der Waals surface area contributed by atoms with Gasteiger partial charge < -0.3 is 60.0 Å². The minimum absolute atomic E-state index is 0.0170. The van der Waals surface area contributed by atoms with Crippen LogP contribution in [0.25, 0.3) is 10.9 Å². The van der Waals surface area contributed by atoms with Crippen molar-refractivity contribution in [2.24, 2.45) is 17.8 Å². The van der Waals surface area contributed by atoms with E-state index in [1.165, 1.54) is 45.1 Å². The highest BCUT2D eigenvalue weighted by atomic mass is 16.6. The quantitative estimate of drug-likeness (QED) is 0.115. The topological polar surface area (TPSA) is 241 Å². The molecule has 18 heteroatoms. The highest BCUT2D eigenvalue weighted by molar-refractivity contribution is 5.91. The van der Waals surface area contributed by atoms with Gasteiger partial charge in [0.05, 0.1) is 53.1 Å². The van der Waals surface area contributed by atoms with Crippen LogP contribution in [0, 0.1) is 17.8 Å². The van der Waals surface area contributed by atoms with E-state index in [1.54, 1.807) is 26.4 Å². The summed E-state index contributed by atoms with van der Waals surface area (Å²) in [6.45, 7) is 1.41. The molecule has 2 fully saturated rings. The molecule has 4 heterocycles. The van der Waals surface area contributed by atoms with E-state index in [1.807, 2.05) is 12.1 Å². The van der Waals surface area contributed by atoms with E-state index in [0.717, 1.165) is 37.2 Å². The Morgan fingerprint density at radius 1 is 0.945 bits per heavy atom. The maximum absolute atomic E-state index is 13.5. The van der Waals surface area contributed by atoms with E-state index in [-0.39, 0.29) is 54.0 Å². The number of hydrogen-bond donors (Lipinski definition) is 5. The van der Waals surface area contributed by atoms with E-state index in [9.17, 15) is 9.59 Å². The molecule has 0 unspecified atom stereocenters. The zero-order valence-corrected chi connectivity index (χ0v) is 31.7. The van der Waals surface area contributed by atoms with Gasteiger partial charge in [-0.05, 0) is 60.9 Å². The predicted molar refractivity (Wildman–Crippen MR) is 200 cm³/mol. The number of piperidine rings is 1. The first-order chi connectivity index (χ1) is 26.6. The molecule has 55 heavy (non-hydrogen) atoms. The molecule has 7 rings (SSSR count). The number of nitrogens with zero attached hydrogens (tertiary/aromatic N) is 4. The lowest BCUT2D eigenvalue weighted by Gasteiger charge is -2.52. The molecule has 7 N–H and O–H groups in total. The third-order valence-corrected chi connectivity index (χ3v) is 10.7. The first kappa shape index (κ1) is 39.1. The summed E-state index contributed by atoms with van der Waals surface area (Å²) in [5, 5.41) is 12.0. The summed E-state index contributed by atoms with van der Waals surface area (Å²) >= 11 is 0. The molecule has 6 atom stereocenters. The minimum atomic E-state index is -0.670. The second-order valence-corrected chi connectivity index (χ2v) is 13.4. The van der Waals surface area contributed by atoms with Gasteiger partial charge in [-0.2, -0.15) is 15.0 Å². The van der Waals surface area contributed by atoms with Crippen molar-refractivity contribution >= 4 is 40.7 Å². The summed E-state index contributed by atoms with van der Waals surface area (Å²) < 4.78 is 39.1. The van der Waals surface area contributed by atoms with Crippen LogP contribution in [0.15, 0.2) is 30.3 Å². The van der Waals surface area contributed by atoms with Gasteiger partial charge in [-0.25, -0.2) is 4.79 Å². The Kier molecular flexibility index (Phi) is 12.0. The molecule has 2 aromatic heterocycles. The number of ether oxygens (including phenoxy) is 7. The van der Waals surface area contributed by atoms with Crippen LogP contribution < -0.4 is 35.7 Å². The maximum atomic E-state index is 13.5. The summed E-state index contributed by atoms with van der Waals surface area (Å²) in [6, 6.07) is 9.40. The highest BCUT2D eigenvalue weighted by Gasteiger charge is 2.54. The lowest BCUT2D eigenvalue weighted by atomic mass is 9.63. The normalized spacial score (nSPS) is 22.8. The van der Waals surface area contributed by atoms with Crippen LogP contribution in [0.3, 0.4) is 0 Å². The number of carbonyl (C=O) groups excluding carboxylic acids is 2. The van der Waals surface area contributed by atoms with Crippen molar-refractivity contribution in [2.45, 2.75) is 37.5 Å². The first-order valence-electron chi connectivity index (χ1n) is 17.7. The maximum Gasteiger partial charge on any atom is 0.338 e. The van der Waals surface area contributed by atoms with E-state index in [4.69, 9.17) is 49.7 Å². The number of aromatic nitrogens is 4. The molecule has 296 valence electrons. The van der Waals surface area contributed by atoms with Crippen molar-refractivity contribution in [3.63, 3.8) is 0 Å². The van der Waals surface area contributed by atoms with Crippen LogP contribution in [-0.4, -0.2) is 117 Å². The monoisotopic (exact) mass is 764 g/mol. The van der Waals surface area contributed by atoms with Gasteiger partial charge in [0.1, 0.15) is 24.7 Å². The molecule has 0 bridgehead atoms. The number of benzene rings is 2. The molecule has 0 amide bonds. The number of nitrogens with two attached hydrogens (primary N) is 2. The number of aliphatic hydroxyl groups is 1. The van der Waals surface area contributed by atoms with Crippen molar-refractivity contribution in [1.82, 2.24) is 24.8 Å². The van der Waals surface area contributed by atoms with Gasteiger partial charge in [-0.15, -0.1) is 0 Å². The largest absolute Gasteiger partial charge is 0.497 e. The highest BCUT2D eigenvalue weighted by Crippen LogP contribution is 2.51. The molecule has 18 nitrogen and oxygen atoms in total. The molecule has 3 aliphatic rings. The number of nitrogens with one attached hydrogen (secondary N) is 2. The van der Waals surface area contributed by atoms with E-state index in [2.05, 4.69) is 36.2 Å². The SMILES string of the molecule is COC(=O)[C@H]1[C@H]2C[C@@H]3c4[nH]c5cc(OC)ccc5c4CCN3C[C@H]2C[C@@H](OC(=O)c2cc(OC)c(OC)c(OC)c2)[C@@H]1OC.Nc1nc(N)nc(NCO)n1. The molecule has 2 aromatic carbocycles. The summed E-state index contributed by atoms with van der Waals surface area (Å²) in [7, 11) is 9.10. The minimum Gasteiger partial charge on any atom is -0.497 e. The number of rotatable bonds is 10. The molecule has 0 radical (unpaired) electrons. The smallest absolute Gasteiger partial charge is 0.338 e. The number of fused-ring (bicyclic) bond motifs is 6. The van der Waals surface area contributed by atoms with Crippen LogP contribution >= 0.6 is 0 Å². The molecule has 2 aliphatic heterocycles. The standard InChI is InChI=1S/C33H40N2O9.C4H8N6O/c1-38-19-7-8-20-21-9-10-35-16-18-13-27(44-32(36)17-11-25(39-2)30(41-4)26(12-17)40-3)31(42-5)28(33(37)43-6)22(18)15-24(35)29(21)34-23(20)14-19;5-2-8-3(6)10-4(9-2)7-1-11/h7-8,11-12,14,18,22,24,27-28,31,34H,9-10,13,15-16H2,1-6H3;11H,1H2,(H5,5,6,7,8,9,10)/t18-,22+,24-,27-,28+,31+;/m1./s1. The van der Waals surface area contributed by atoms with Crippen LogP contribution in [0.5, 0.6) is 23.0 Å². The number of nitrogen functional groups attached to an aromatic ring is 2. The molecule has 4 aromatic rings. The molecular formula is C37H48N8O10. The fourth-order valence-corrected chi connectivity index (χ4v) is 8.32. The van der Waals surface area contributed by atoms with Gasteiger partial charge in [-0.3, -0.25) is 9.69 Å². The van der Waals surface area contributed by atoms with Crippen molar-refractivity contribution < 1.29 is 47.9 Å². The average Bonchev–Trinajstić information content (AvgIpc) is 3.57. The zero-order valence-electron chi connectivity index (χ0n) is 31.7. The van der Waals surface area contributed by atoms with Gasteiger partial charge in [-0.1, -0.05) is 0 Å². The van der Waals surface area contributed by atoms with Crippen LogP contribution in [0.4, 0.5) is 17.8 Å². The summed E-state index contributed by atoms with van der Waals surface area (Å²) in [4.78, 5) is 43.9. The number of esters is 2. The Bertz CT molecular complexity index is 1960. The number of anilines is 3. The van der Waals surface area contributed by atoms with Crippen molar-refractivity contribution in [3.05, 3.63) is 47.2 Å². The molecule has 1 aliphatic carbocycles. The van der Waals surface area contributed by atoms with Gasteiger partial charge in [0.25, 0.3) is 0 Å². The van der Waals surface area contributed by atoms with Crippen molar-refractivity contribution in [2.75, 3.05) is 79.3 Å². The van der Waals surface area contributed by atoms with Crippen molar-refractivity contribution in [3.8, 4) is 23.0 Å². The fourth-order valence-electron chi connectivity index (χ4n) is 8.32. The lowest BCUT2D eigenvalue weighted by Crippen LogP contribution is -2.58. The number of hydrogen-bond acceptors (Lipinski definition) is 17. The molecular weight excluding hydrogens is 716 g/mol. The molecule has 1 saturated carbocycles. The second-order valence-electron chi connectivity index (χ2n) is 13.4. The summed E-state index contributed by atoms with van der Waals surface area (Å²) in [6.07, 6.45) is 0.920. The lowest BCUT2D eigenvalue weighted by molar-refractivity contribution is -0.176. The van der Waals surface area contributed by atoms with Gasteiger partial charge in [0.15, 0.2) is 11.5 Å². The first-order valence-corrected chi connectivity index (χ1v) is 17.7. The number of aliphatic hydroxyl groups excluding tert-OH is 1. The Labute approximate surface area is 317 Å². The average molecular weight is 765 g/mol. The van der Waals surface area contributed by atoms with Crippen molar-refractivity contribution in [1.29, 1.82) is 0 Å². The van der Waals surface area contributed by atoms with Gasteiger partial charge in [0.2, 0.25) is 23.6 Å². The fraction of sp³-hybridized carbons (Fsp3) is 0.486. The summed E-state index contributed by atoms with van der Waals surface area (Å²) in [5.41, 5.74) is 14.3. The number of aromatic amines is 1. The van der Waals surface area contributed by atoms with Crippen LogP contribution in [-0.2, 0) is 25.4 Å². The Balaban J connectivity index is 0.000000403. The van der Waals surface area contributed by atoms with Gasteiger partial charge in [0, 0.05) is 42.9 Å². The predicted octanol–water partition coefficient (Wildman–Crippen LogP) is 2.57. The number of carbonyl (C=O) groups is 2. The third kappa shape index (κ3) is 7.83. The third-order valence-electron chi connectivity index (χ3n) is 10.7. The Morgan fingerprint density at radius 3 is 2.25 bits per heavy atom. The second kappa shape index (κ2) is 16.8. The van der Waals surface area contributed by atoms with E-state index < -0.39 is 24.1 Å². The van der Waals surface area contributed by atoms with Gasteiger partial charge >= 0.3 is 11.9 Å². The van der Waals surface area contributed by atoms with Crippen LogP contribution in [0.1, 0.15) is 40.5 Å². The van der Waals surface area contributed by atoms with E-state index in [0.29, 0.717) is 23.7 Å².